The van der Waals surface area contributed by atoms with Gasteiger partial charge in [0.15, 0.2) is 13.1 Å². The number of hydrogen-bond donors (Lipinski definition) is 0. The lowest BCUT2D eigenvalue weighted by atomic mass is 10.2. The summed E-state index contributed by atoms with van der Waals surface area (Å²) in [7, 11) is 1.62. The van der Waals surface area contributed by atoms with E-state index < -0.39 is 0 Å². The van der Waals surface area contributed by atoms with Gasteiger partial charge in [0, 0.05) is 20.3 Å². The lowest BCUT2D eigenvalue weighted by Crippen LogP contribution is -2.19. The van der Waals surface area contributed by atoms with Gasteiger partial charge in [-0.2, -0.15) is 0 Å². The first-order valence-electron chi connectivity index (χ1n) is 9.83. The summed E-state index contributed by atoms with van der Waals surface area (Å²) in [5, 5.41) is 0. The molecule has 144 valence electrons. The van der Waals surface area contributed by atoms with Gasteiger partial charge in [0.05, 0.1) is 6.26 Å². The van der Waals surface area contributed by atoms with Gasteiger partial charge in [0.25, 0.3) is 0 Å². The zero-order valence-corrected chi connectivity index (χ0v) is 16.3. The van der Waals surface area contributed by atoms with Crippen molar-refractivity contribution in [3.63, 3.8) is 0 Å². The highest BCUT2D eigenvalue weighted by Gasteiger charge is 2.08. The first kappa shape index (κ1) is 23.4. The molecule has 0 N–H and O–H groups in total. The molecular formula is C20H40O4. The van der Waals surface area contributed by atoms with Crippen LogP contribution < -0.4 is 0 Å². The standard InChI is InChI=1S/C20H40O4/c1-4-6-8-13-17-23-20(24-18-14-9-7-5-2)15-11-10-12-16-22-19-21-3/h12,16,20H,4-11,13-15,17-19H2,1-3H3. The predicted molar refractivity (Wildman–Crippen MR) is 99.9 cm³/mol. The second-order valence-electron chi connectivity index (χ2n) is 6.17. The molecule has 0 fully saturated rings. The van der Waals surface area contributed by atoms with E-state index in [0.717, 1.165) is 45.3 Å². The number of allylic oxidation sites excluding steroid dienone is 1. The Morgan fingerprint density at radius 2 is 1.42 bits per heavy atom. The van der Waals surface area contributed by atoms with Crippen LogP contribution in [0.15, 0.2) is 12.3 Å². The monoisotopic (exact) mass is 344 g/mol. The van der Waals surface area contributed by atoms with Crippen molar-refractivity contribution in [1.82, 2.24) is 0 Å². The summed E-state index contributed by atoms with van der Waals surface area (Å²) in [6, 6.07) is 0. The Kier molecular flexibility index (Phi) is 20.0. The number of rotatable bonds is 19. The van der Waals surface area contributed by atoms with Gasteiger partial charge in [-0.15, -0.1) is 0 Å². The van der Waals surface area contributed by atoms with E-state index in [1.165, 1.54) is 38.5 Å². The third kappa shape index (κ3) is 17.8. The maximum atomic E-state index is 5.94. The van der Waals surface area contributed by atoms with Crippen LogP contribution in [0.2, 0.25) is 0 Å². The molecule has 0 unspecified atom stereocenters. The molecule has 0 aromatic rings. The molecule has 0 rings (SSSR count). The minimum atomic E-state index is -0.0541. The van der Waals surface area contributed by atoms with Crippen molar-refractivity contribution in [2.45, 2.75) is 90.8 Å². The van der Waals surface area contributed by atoms with Crippen molar-refractivity contribution in [3.8, 4) is 0 Å². The van der Waals surface area contributed by atoms with E-state index in [-0.39, 0.29) is 6.29 Å². The minimum Gasteiger partial charge on any atom is -0.476 e. The molecule has 0 radical (unpaired) electrons. The zero-order chi connectivity index (χ0) is 17.7. The number of methoxy groups -OCH3 is 1. The highest BCUT2D eigenvalue weighted by Crippen LogP contribution is 2.11. The van der Waals surface area contributed by atoms with Crippen LogP contribution in [-0.4, -0.2) is 33.4 Å². The lowest BCUT2D eigenvalue weighted by molar-refractivity contribution is -0.147. The molecule has 0 saturated carbocycles. The second-order valence-corrected chi connectivity index (χ2v) is 6.17. The topological polar surface area (TPSA) is 36.9 Å². The van der Waals surface area contributed by atoms with Crippen LogP contribution in [-0.2, 0) is 18.9 Å². The van der Waals surface area contributed by atoms with Crippen LogP contribution in [0.5, 0.6) is 0 Å². The largest absolute Gasteiger partial charge is 0.476 e. The van der Waals surface area contributed by atoms with Crippen molar-refractivity contribution in [2.75, 3.05) is 27.1 Å². The first-order valence-corrected chi connectivity index (χ1v) is 9.83. The summed E-state index contributed by atoms with van der Waals surface area (Å²) in [6.45, 7) is 6.39. The van der Waals surface area contributed by atoms with Crippen LogP contribution >= 0.6 is 0 Å². The summed E-state index contributed by atoms with van der Waals surface area (Å²) < 4.78 is 21.8. The molecule has 0 aromatic heterocycles. The van der Waals surface area contributed by atoms with Crippen LogP contribution in [0.25, 0.3) is 0 Å². The first-order chi connectivity index (χ1) is 11.8. The molecule has 4 nitrogen and oxygen atoms in total. The average molecular weight is 345 g/mol. The van der Waals surface area contributed by atoms with Gasteiger partial charge >= 0.3 is 0 Å². The molecule has 0 heterocycles. The molecule has 4 heteroatoms. The molecule has 0 bridgehead atoms. The Morgan fingerprint density at radius 3 is 1.96 bits per heavy atom. The van der Waals surface area contributed by atoms with Crippen LogP contribution in [0.4, 0.5) is 0 Å². The van der Waals surface area contributed by atoms with Gasteiger partial charge < -0.3 is 18.9 Å². The second kappa shape index (κ2) is 20.5. The number of hydrogen-bond acceptors (Lipinski definition) is 4. The van der Waals surface area contributed by atoms with Gasteiger partial charge in [-0.3, -0.25) is 0 Å². The van der Waals surface area contributed by atoms with Crippen LogP contribution in [0.1, 0.15) is 84.5 Å². The molecular weight excluding hydrogens is 304 g/mol. The Bertz CT molecular complexity index is 242. The van der Waals surface area contributed by atoms with E-state index in [9.17, 15) is 0 Å². The Hall–Kier alpha value is -0.580. The van der Waals surface area contributed by atoms with Crippen molar-refractivity contribution < 1.29 is 18.9 Å². The van der Waals surface area contributed by atoms with E-state index in [0.29, 0.717) is 6.79 Å². The fourth-order valence-corrected chi connectivity index (χ4v) is 2.35. The zero-order valence-electron chi connectivity index (χ0n) is 16.3. The van der Waals surface area contributed by atoms with Gasteiger partial charge in [0.1, 0.15) is 0 Å². The average Bonchev–Trinajstić information content (AvgIpc) is 2.59. The molecule has 0 amide bonds. The van der Waals surface area contributed by atoms with E-state index in [2.05, 4.69) is 13.8 Å². The molecule has 0 saturated heterocycles. The van der Waals surface area contributed by atoms with Gasteiger partial charge in [-0.25, -0.2) is 0 Å². The maximum Gasteiger partial charge on any atom is 0.187 e. The number of ether oxygens (including phenoxy) is 4. The third-order valence-corrected chi connectivity index (χ3v) is 3.79. The van der Waals surface area contributed by atoms with Crippen molar-refractivity contribution in [1.29, 1.82) is 0 Å². The normalized spacial score (nSPS) is 11.7. The van der Waals surface area contributed by atoms with E-state index in [1.54, 1.807) is 13.4 Å². The lowest BCUT2D eigenvalue weighted by Gasteiger charge is -2.18. The summed E-state index contributed by atoms with van der Waals surface area (Å²) in [4.78, 5) is 0. The summed E-state index contributed by atoms with van der Waals surface area (Å²) in [5.41, 5.74) is 0. The summed E-state index contributed by atoms with van der Waals surface area (Å²) in [5.74, 6) is 0. The highest BCUT2D eigenvalue weighted by atomic mass is 16.7. The SMILES string of the molecule is CCCCCCOC(CCCC=COCOC)OCCCCCC. The maximum absolute atomic E-state index is 5.94. The summed E-state index contributed by atoms with van der Waals surface area (Å²) in [6.07, 6.45) is 16.5. The van der Waals surface area contributed by atoms with Crippen molar-refractivity contribution >= 4 is 0 Å². The van der Waals surface area contributed by atoms with Crippen molar-refractivity contribution in [2.24, 2.45) is 0 Å². The Balaban J connectivity index is 3.82. The fraction of sp³-hybridized carbons (Fsp3) is 0.900. The molecule has 0 aliphatic heterocycles. The van der Waals surface area contributed by atoms with Crippen LogP contribution in [0.3, 0.4) is 0 Å². The van der Waals surface area contributed by atoms with E-state index in [1.807, 2.05) is 6.08 Å². The predicted octanol–water partition coefficient (Wildman–Crippen LogP) is 5.81. The van der Waals surface area contributed by atoms with E-state index in [4.69, 9.17) is 18.9 Å². The molecule has 0 atom stereocenters. The van der Waals surface area contributed by atoms with Gasteiger partial charge in [0.2, 0.25) is 0 Å². The quantitative estimate of drug-likeness (QED) is 0.168. The van der Waals surface area contributed by atoms with Gasteiger partial charge in [-0.1, -0.05) is 52.4 Å². The fourth-order valence-electron chi connectivity index (χ4n) is 2.35. The minimum absolute atomic E-state index is 0.0541. The Labute approximate surface area is 149 Å². The van der Waals surface area contributed by atoms with E-state index >= 15 is 0 Å². The number of unbranched alkanes of at least 4 members (excludes halogenated alkanes) is 7. The molecule has 24 heavy (non-hydrogen) atoms. The van der Waals surface area contributed by atoms with Crippen LogP contribution in [0, 0.1) is 0 Å². The molecule has 0 aliphatic carbocycles. The Morgan fingerprint density at radius 1 is 0.792 bits per heavy atom. The highest BCUT2D eigenvalue weighted by molar-refractivity contribution is 4.73. The third-order valence-electron chi connectivity index (χ3n) is 3.79. The molecule has 0 aromatic carbocycles. The summed E-state index contributed by atoms with van der Waals surface area (Å²) >= 11 is 0. The van der Waals surface area contributed by atoms with Gasteiger partial charge in [-0.05, 0) is 38.2 Å². The van der Waals surface area contributed by atoms with Crippen molar-refractivity contribution in [3.05, 3.63) is 12.3 Å². The smallest absolute Gasteiger partial charge is 0.187 e. The molecule has 0 aliphatic rings. The molecule has 0 spiro atoms.